The van der Waals surface area contributed by atoms with Gasteiger partial charge in [-0.15, -0.1) is 0 Å². The lowest BCUT2D eigenvalue weighted by atomic mass is 9.84. The van der Waals surface area contributed by atoms with E-state index in [0.29, 0.717) is 25.3 Å². The van der Waals surface area contributed by atoms with Crippen molar-refractivity contribution in [1.29, 1.82) is 0 Å². The molecule has 0 aromatic heterocycles. The number of morpholine rings is 1. The molecule has 19 heavy (non-hydrogen) atoms. The van der Waals surface area contributed by atoms with Gasteiger partial charge in [0, 0.05) is 18.0 Å². The van der Waals surface area contributed by atoms with Crippen LogP contribution in [0.5, 0.6) is 0 Å². The second-order valence-electron chi connectivity index (χ2n) is 5.29. The van der Waals surface area contributed by atoms with E-state index in [-0.39, 0.29) is 23.7 Å². The zero-order chi connectivity index (χ0) is 13.2. The molecule has 1 saturated heterocycles. The Balaban J connectivity index is 1.71. The lowest BCUT2D eigenvalue weighted by molar-refractivity contribution is -0.146. The fraction of sp³-hybridized carbons (Fsp3) is 0.533. The van der Waals surface area contributed by atoms with Gasteiger partial charge in [0.1, 0.15) is 11.9 Å². The minimum Gasteiger partial charge on any atom is -0.370 e. The monoisotopic (exact) mass is 263 g/mol. The Hall–Kier alpha value is -1.42. The number of rotatable bonds is 2. The Kier molecular flexibility index (Phi) is 3.51. The number of ether oxygens (including phenoxy) is 1. The Morgan fingerprint density at radius 3 is 2.79 bits per heavy atom. The van der Waals surface area contributed by atoms with Crippen LogP contribution >= 0.6 is 0 Å². The molecule has 0 bridgehead atoms. The van der Waals surface area contributed by atoms with Crippen molar-refractivity contribution in [2.24, 2.45) is 5.92 Å². The Morgan fingerprint density at radius 2 is 2.11 bits per heavy atom. The molecule has 1 unspecified atom stereocenters. The molecule has 4 heteroatoms. The summed E-state index contributed by atoms with van der Waals surface area (Å²) >= 11 is 0. The van der Waals surface area contributed by atoms with Gasteiger partial charge in [-0.1, -0.05) is 24.6 Å². The van der Waals surface area contributed by atoms with Crippen molar-refractivity contribution in [3.05, 3.63) is 35.6 Å². The molecule has 1 aliphatic heterocycles. The van der Waals surface area contributed by atoms with Crippen molar-refractivity contribution in [3.8, 4) is 0 Å². The lowest BCUT2D eigenvalue weighted by Gasteiger charge is -2.37. The lowest BCUT2D eigenvalue weighted by Crippen LogP contribution is -2.46. The van der Waals surface area contributed by atoms with Crippen molar-refractivity contribution >= 4 is 5.91 Å². The van der Waals surface area contributed by atoms with Crippen LogP contribution in [0.2, 0.25) is 0 Å². The molecule has 3 nitrogen and oxygen atoms in total. The van der Waals surface area contributed by atoms with Gasteiger partial charge in [0.05, 0.1) is 13.2 Å². The molecule has 1 aliphatic carbocycles. The number of halogens is 1. The third-order valence-corrected chi connectivity index (χ3v) is 4.08. The van der Waals surface area contributed by atoms with Crippen molar-refractivity contribution < 1.29 is 13.9 Å². The predicted molar refractivity (Wildman–Crippen MR) is 69.0 cm³/mol. The summed E-state index contributed by atoms with van der Waals surface area (Å²) in [5, 5.41) is 0. The van der Waals surface area contributed by atoms with Crippen LogP contribution in [0.3, 0.4) is 0 Å². The Morgan fingerprint density at radius 1 is 1.32 bits per heavy atom. The topological polar surface area (TPSA) is 29.5 Å². The van der Waals surface area contributed by atoms with E-state index in [9.17, 15) is 9.18 Å². The van der Waals surface area contributed by atoms with Crippen molar-refractivity contribution in [1.82, 2.24) is 4.90 Å². The van der Waals surface area contributed by atoms with Crippen LogP contribution in [0.25, 0.3) is 0 Å². The smallest absolute Gasteiger partial charge is 0.225 e. The third-order valence-electron chi connectivity index (χ3n) is 4.08. The van der Waals surface area contributed by atoms with Gasteiger partial charge in [-0.2, -0.15) is 0 Å². The van der Waals surface area contributed by atoms with Crippen molar-refractivity contribution in [2.75, 3.05) is 19.7 Å². The van der Waals surface area contributed by atoms with Gasteiger partial charge in [0.15, 0.2) is 0 Å². The molecule has 1 saturated carbocycles. The van der Waals surface area contributed by atoms with Crippen LogP contribution in [0, 0.1) is 11.7 Å². The van der Waals surface area contributed by atoms with Crippen LogP contribution < -0.4 is 0 Å². The molecule has 2 aliphatic rings. The highest BCUT2D eigenvalue weighted by Gasteiger charge is 2.33. The van der Waals surface area contributed by atoms with E-state index >= 15 is 0 Å². The first kappa shape index (κ1) is 12.6. The summed E-state index contributed by atoms with van der Waals surface area (Å²) in [6.45, 7) is 1.58. The molecular weight excluding hydrogens is 245 g/mol. The zero-order valence-electron chi connectivity index (χ0n) is 10.8. The van der Waals surface area contributed by atoms with Crippen molar-refractivity contribution in [2.45, 2.75) is 25.4 Å². The molecule has 1 aromatic carbocycles. The Bertz CT molecular complexity index is 473. The Labute approximate surface area is 112 Å². The number of hydrogen-bond acceptors (Lipinski definition) is 2. The molecule has 1 amide bonds. The summed E-state index contributed by atoms with van der Waals surface area (Å²) in [6, 6.07) is 6.64. The van der Waals surface area contributed by atoms with Gasteiger partial charge in [-0.3, -0.25) is 4.79 Å². The minimum atomic E-state index is -0.334. The van der Waals surface area contributed by atoms with Crippen LogP contribution in [-0.2, 0) is 9.53 Å². The molecule has 102 valence electrons. The first-order chi connectivity index (χ1) is 9.25. The summed E-state index contributed by atoms with van der Waals surface area (Å²) < 4.78 is 19.4. The SMILES string of the molecule is O=C(C1CCC1)N1CCOC(c2ccccc2F)C1. The van der Waals surface area contributed by atoms with Gasteiger partial charge < -0.3 is 9.64 Å². The van der Waals surface area contributed by atoms with Crippen molar-refractivity contribution in [3.63, 3.8) is 0 Å². The number of nitrogens with zero attached hydrogens (tertiary/aromatic N) is 1. The van der Waals surface area contributed by atoms with E-state index in [1.165, 1.54) is 6.07 Å². The molecule has 0 N–H and O–H groups in total. The molecule has 1 aromatic rings. The van der Waals surface area contributed by atoms with Gasteiger partial charge in [0.25, 0.3) is 0 Å². The average Bonchev–Trinajstić information content (AvgIpc) is 2.37. The third kappa shape index (κ3) is 2.50. The second-order valence-corrected chi connectivity index (χ2v) is 5.29. The summed E-state index contributed by atoms with van der Waals surface area (Å²) in [5.74, 6) is 0.153. The summed E-state index contributed by atoms with van der Waals surface area (Å²) in [7, 11) is 0. The standard InChI is InChI=1S/C15H18FNO2/c16-13-7-2-1-6-12(13)14-10-17(8-9-19-14)15(18)11-4-3-5-11/h1-2,6-7,11,14H,3-5,8-10H2. The van der Waals surface area contributed by atoms with Gasteiger partial charge in [-0.05, 0) is 18.9 Å². The summed E-state index contributed by atoms with van der Waals surface area (Å²) in [5.41, 5.74) is 0.550. The molecule has 0 radical (unpaired) electrons. The van der Waals surface area contributed by atoms with E-state index in [2.05, 4.69) is 0 Å². The molecular formula is C15H18FNO2. The highest BCUT2D eigenvalue weighted by molar-refractivity contribution is 5.79. The van der Waals surface area contributed by atoms with E-state index in [4.69, 9.17) is 4.74 Å². The zero-order valence-corrected chi connectivity index (χ0v) is 10.8. The quantitative estimate of drug-likeness (QED) is 0.820. The molecule has 1 atom stereocenters. The maximum absolute atomic E-state index is 13.8. The van der Waals surface area contributed by atoms with Crippen LogP contribution in [0.4, 0.5) is 4.39 Å². The van der Waals surface area contributed by atoms with Crippen LogP contribution in [-0.4, -0.2) is 30.5 Å². The van der Waals surface area contributed by atoms with E-state index in [0.717, 1.165) is 19.3 Å². The molecule has 2 fully saturated rings. The summed E-state index contributed by atoms with van der Waals surface area (Å²) in [4.78, 5) is 14.1. The van der Waals surface area contributed by atoms with Gasteiger partial charge in [0.2, 0.25) is 5.91 Å². The molecule has 0 spiro atoms. The second kappa shape index (κ2) is 5.29. The molecule has 3 rings (SSSR count). The van der Waals surface area contributed by atoms with E-state index in [1.807, 2.05) is 4.90 Å². The highest BCUT2D eigenvalue weighted by atomic mass is 19.1. The maximum Gasteiger partial charge on any atom is 0.225 e. The fourth-order valence-corrected chi connectivity index (χ4v) is 2.69. The van der Waals surface area contributed by atoms with E-state index < -0.39 is 0 Å². The maximum atomic E-state index is 13.8. The number of hydrogen-bond donors (Lipinski definition) is 0. The first-order valence-electron chi connectivity index (χ1n) is 6.90. The van der Waals surface area contributed by atoms with Crippen LogP contribution in [0.1, 0.15) is 30.9 Å². The fourth-order valence-electron chi connectivity index (χ4n) is 2.69. The number of benzene rings is 1. The van der Waals surface area contributed by atoms with Gasteiger partial charge in [-0.25, -0.2) is 4.39 Å². The van der Waals surface area contributed by atoms with Crippen LogP contribution in [0.15, 0.2) is 24.3 Å². The van der Waals surface area contributed by atoms with E-state index in [1.54, 1.807) is 18.2 Å². The first-order valence-corrected chi connectivity index (χ1v) is 6.90. The largest absolute Gasteiger partial charge is 0.370 e. The molecule has 1 heterocycles. The highest BCUT2D eigenvalue weighted by Crippen LogP contribution is 2.31. The summed E-state index contributed by atoms with van der Waals surface area (Å²) in [6.07, 6.45) is 2.82. The van der Waals surface area contributed by atoms with Gasteiger partial charge >= 0.3 is 0 Å². The number of carbonyl (C=O) groups excluding carboxylic acids is 1. The normalized spacial score (nSPS) is 24.1. The number of carbonyl (C=O) groups is 1. The average molecular weight is 263 g/mol. The minimum absolute atomic E-state index is 0.194. The number of amides is 1. The predicted octanol–water partition coefficient (Wildman–Crippen LogP) is 2.53.